The Morgan fingerprint density at radius 3 is 1.83 bits per heavy atom. The van der Waals surface area contributed by atoms with Crippen molar-refractivity contribution in [3.8, 4) is 23.6 Å². The highest BCUT2D eigenvalue weighted by Crippen LogP contribution is 2.36. The molecule has 0 amide bonds. The zero-order chi connectivity index (χ0) is 32.2. The molecule has 0 fully saturated rings. The summed E-state index contributed by atoms with van der Waals surface area (Å²) in [7, 11) is 0. The molecule has 0 radical (unpaired) electrons. The molecule has 0 bridgehead atoms. The lowest BCUT2D eigenvalue weighted by atomic mass is 9.84. The Morgan fingerprint density at radius 2 is 1.30 bits per heavy atom. The lowest BCUT2D eigenvalue weighted by Crippen LogP contribution is -2.38. The molecule has 1 aliphatic rings. The molecule has 6 rings (SSSR count). The number of halogens is 2. The van der Waals surface area contributed by atoms with Crippen LogP contribution in [0.1, 0.15) is 28.2 Å². The summed E-state index contributed by atoms with van der Waals surface area (Å²) < 4.78 is 13.8. The van der Waals surface area contributed by atoms with Crippen molar-refractivity contribution in [1.82, 2.24) is 4.57 Å². The molecule has 2 heterocycles. The van der Waals surface area contributed by atoms with Gasteiger partial charge in [0.15, 0.2) is 0 Å². The van der Waals surface area contributed by atoms with Crippen molar-refractivity contribution in [1.29, 1.82) is 10.5 Å². The van der Waals surface area contributed by atoms with Gasteiger partial charge in [-0.25, -0.2) is 0 Å². The van der Waals surface area contributed by atoms with E-state index in [1.165, 1.54) is 4.57 Å². The van der Waals surface area contributed by atoms with E-state index in [4.69, 9.17) is 38.4 Å². The zero-order valence-electron chi connectivity index (χ0n) is 24.1. The van der Waals surface area contributed by atoms with Crippen LogP contribution >= 0.6 is 34.5 Å². The van der Waals surface area contributed by atoms with Crippen LogP contribution in [0.2, 0.25) is 10.0 Å². The van der Waals surface area contributed by atoms with Gasteiger partial charge in [0.25, 0.3) is 5.56 Å². The highest BCUT2D eigenvalue weighted by atomic mass is 35.5. The molecule has 0 spiro atoms. The predicted octanol–water partition coefficient (Wildman–Crippen LogP) is 6.33. The Morgan fingerprint density at radius 1 is 0.783 bits per heavy atom. The number of nitriles is 2. The third-order valence-electron chi connectivity index (χ3n) is 7.48. The molecule has 46 heavy (non-hydrogen) atoms. The summed E-state index contributed by atoms with van der Waals surface area (Å²) in [6, 6.07) is 33.7. The van der Waals surface area contributed by atoms with Crippen LogP contribution in [0.15, 0.2) is 107 Å². The van der Waals surface area contributed by atoms with Gasteiger partial charge >= 0.3 is 0 Å². The normalized spacial score (nSPS) is 14.4. The smallest absolute Gasteiger partial charge is 0.274 e. The van der Waals surface area contributed by atoms with Crippen LogP contribution in [0.5, 0.6) is 11.5 Å². The van der Waals surface area contributed by atoms with Gasteiger partial charge in [-0.3, -0.25) is 9.36 Å². The van der Waals surface area contributed by atoms with E-state index in [0.717, 1.165) is 28.0 Å². The first-order valence-electron chi connectivity index (χ1n) is 14.1. The van der Waals surface area contributed by atoms with Gasteiger partial charge in [0.05, 0.1) is 33.7 Å². The molecule has 1 aromatic heterocycles. The van der Waals surface area contributed by atoms with E-state index >= 15 is 0 Å². The van der Waals surface area contributed by atoms with Gasteiger partial charge in [-0.2, -0.15) is 10.5 Å². The van der Waals surface area contributed by atoms with Gasteiger partial charge in [-0.15, -0.1) is 11.3 Å². The molecule has 0 unspecified atom stereocenters. The van der Waals surface area contributed by atoms with E-state index in [0.29, 0.717) is 42.9 Å². The van der Waals surface area contributed by atoms with Crippen molar-refractivity contribution >= 4 is 52.0 Å². The van der Waals surface area contributed by atoms with Crippen LogP contribution in [0.4, 0.5) is 0 Å². The molecule has 1 aliphatic heterocycles. The Balaban J connectivity index is 1.29. The molecule has 4 aromatic carbocycles. The van der Waals surface area contributed by atoms with E-state index in [1.54, 1.807) is 48.5 Å². The van der Waals surface area contributed by atoms with Gasteiger partial charge in [0, 0.05) is 21.2 Å². The number of fused-ring (bicyclic) bond motifs is 1. The average molecular weight is 664 g/mol. The minimum Gasteiger partial charge on any atom is -0.489 e. The van der Waals surface area contributed by atoms with Crippen LogP contribution in [-0.2, 0) is 13.2 Å². The summed E-state index contributed by atoms with van der Waals surface area (Å²) in [6.45, 7) is 0.605. The molecule has 5 aromatic rings. The number of benzene rings is 4. The Hall–Kier alpha value is -5.25. The standard InChI is InChI=1S/C36H24Cl2N4O3S/c37-30-7-3-1-5-24(30)20-44-26-13-9-22(10-14-26)17-32-35(43)42-34(41)28(18-39)33(29(19-40)36(42)46-32)23-11-15-27(16-12-23)45-21-25-6-2-4-8-31(25)38/h1-17,33H,20-21,41H2/b32-17-/t33-/m1/s1. The third kappa shape index (κ3) is 6.15. The minimum atomic E-state index is -0.743. The van der Waals surface area contributed by atoms with Crippen LogP contribution in [0.25, 0.3) is 17.5 Å². The Bertz CT molecular complexity index is 2240. The number of nitrogens with two attached hydrogens (primary N) is 1. The first-order chi connectivity index (χ1) is 22.4. The molecule has 0 saturated carbocycles. The van der Waals surface area contributed by atoms with E-state index in [-0.39, 0.29) is 23.6 Å². The number of hydrogen-bond donors (Lipinski definition) is 1. The fourth-order valence-electron chi connectivity index (χ4n) is 5.11. The van der Waals surface area contributed by atoms with Gasteiger partial charge < -0.3 is 15.2 Å². The first kappa shape index (κ1) is 30.8. The highest BCUT2D eigenvalue weighted by molar-refractivity contribution is 7.07. The van der Waals surface area contributed by atoms with Gasteiger partial charge in [-0.05, 0) is 53.6 Å². The maximum atomic E-state index is 13.5. The van der Waals surface area contributed by atoms with E-state index in [1.807, 2.05) is 54.6 Å². The van der Waals surface area contributed by atoms with Gasteiger partial charge in [0.2, 0.25) is 0 Å². The second-order valence-electron chi connectivity index (χ2n) is 10.3. The van der Waals surface area contributed by atoms with Crippen molar-refractivity contribution in [2.24, 2.45) is 5.73 Å². The summed E-state index contributed by atoms with van der Waals surface area (Å²) >= 11 is 13.6. The second kappa shape index (κ2) is 13.4. The summed E-state index contributed by atoms with van der Waals surface area (Å²) in [6.07, 6.45) is 1.73. The van der Waals surface area contributed by atoms with Crippen molar-refractivity contribution in [2.75, 3.05) is 0 Å². The quantitative estimate of drug-likeness (QED) is 0.208. The number of nitrogens with zero attached hydrogens (tertiary/aromatic N) is 3. The van der Waals surface area contributed by atoms with Crippen molar-refractivity contribution in [3.05, 3.63) is 154 Å². The number of hydrogen-bond acceptors (Lipinski definition) is 7. The summed E-state index contributed by atoms with van der Waals surface area (Å²) in [5.74, 6) is 0.504. The maximum Gasteiger partial charge on any atom is 0.274 e. The van der Waals surface area contributed by atoms with Gasteiger partial charge in [0.1, 0.15) is 35.2 Å². The van der Waals surface area contributed by atoms with Crippen molar-refractivity contribution in [2.45, 2.75) is 19.1 Å². The van der Waals surface area contributed by atoms with E-state index < -0.39 is 11.5 Å². The minimum absolute atomic E-state index is 0.00441. The third-order valence-corrected chi connectivity index (χ3v) is 9.33. The molecule has 7 nitrogen and oxygen atoms in total. The summed E-state index contributed by atoms with van der Waals surface area (Å²) in [4.78, 5) is 13.5. The molecule has 0 saturated heterocycles. The lowest BCUT2D eigenvalue weighted by Gasteiger charge is -2.22. The fourth-order valence-corrected chi connectivity index (χ4v) is 6.61. The van der Waals surface area contributed by atoms with Crippen LogP contribution in [0.3, 0.4) is 0 Å². The highest BCUT2D eigenvalue weighted by Gasteiger charge is 2.32. The molecule has 10 heteroatoms. The topological polar surface area (TPSA) is 114 Å². The number of aromatic nitrogens is 1. The average Bonchev–Trinajstić information content (AvgIpc) is 3.40. The Labute approximate surface area is 278 Å². The largest absolute Gasteiger partial charge is 0.489 e. The monoisotopic (exact) mass is 662 g/mol. The molecule has 1 atom stereocenters. The van der Waals surface area contributed by atoms with Crippen LogP contribution < -0.4 is 30.0 Å². The van der Waals surface area contributed by atoms with Crippen LogP contribution in [0, 0.1) is 22.7 Å². The summed E-state index contributed by atoms with van der Waals surface area (Å²) in [5.41, 5.74) is 9.59. The lowest BCUT2D eigenvalue weighted by molar-refractivity contribution is 0.306. The maximum absolute atomic E-state index is 13.5. The Kier molecular flexibility index (Phi) is 8.96. The van der Waals surface area contributed by atoms with Crippen molar-refractivity contribution in [3.63, 3.8) is 0 Å². The molecular weight excluding hydrogens is 639 g/mol. The molecular formula is C36H24Cl2N4O3S. The fraction of sp³-hybridized carbons (Fsp3) is 0.0833. The van der Waals surface area contributed by atoms with Gasteiger partial charge in [-0.1, -0.05) is 83.9 Å². The number of ether oxygens (including phenoxy) is 2. The SMILES string of the molecule is N#CC1=C(N)n2c(s/c(=C\c3ccc(OCc4ccccc4Cl)cc3)c2=O)=C(C#N)[C@@H]1c1ccc(OCc2ccccc2Cl)cc1. The molecule has 226 valence electrons. The molecule has 0 aliphatic carbocycles. The van der Waals surface area contributed by atoms with E-state index in [2.05, 4.69) is 12.1 Å². The second-order valence-corrected chi connectivity index (χ2v) is 12.2. The number of rotatable bonds is 8. The zero-order valence-corrected chi connectivity index (χ0v) is 26.4. The van der Waals surface area contributed by atoms with Crippen LogP contribution in [-0.4, -0.2) is 4.57 Å². The molecule has 2 N–H and O–H groups in total. The number of allylic oxidation sites excluding steroid dienone is 1. The van der Waals surface area contributed by atoms with Crippen molar-refractivity contribution < 1.29 is 9.47 Å². The van der Waals surface area contributed by atoms with E-state index in [9.17, 15) is 15.3 Å². The predicted molar refractivity (Wildman–Crippen MR) is 181 cm³/mol. The summed E-state index contributed by atoms with van der Waals surface area (Å²) in [5, 5.41) is 21.7. The number of thiazole rings is 1. The first-order valence-corrected chi connectivity index (χ1v) is 15.7.